The van der Waals surface area contributed by atoms with Gasteiger partial charge < -0.3 is 15.0 Å². The van der Waals surface area contributed by atoms with Crippen LogP contribution in [0.15, 0.2) is 30.7 Å². The molecule has 0 spiro atoms. The van der Waals surface area contributed by atoms with Crippen molar-refractivity contribution in [3.8, 4) is 5.88 Å². The summed E-state index contributed by atoms with van der Waals surface area (Å²) in [5.74, 6) is 0.492. The summed E-state index contributed by atoms with van der Waals surface area (Å²) in [5.41, 5.74) is 1.04. The maximum absolute atomic E-state index is 12.4. The first-order chi connectivity index (χ1) is 12.6. The van der Waals surface area contributed by atoms with Gasteiger partial charge in [0.15, 0.2) is 0 Å². The molecule has 1 fully saturated rings. The van der Waals surface area contributed by atoms with E-state index in [1.807, 2.05) is 4.90 Å². The number of likely N-dealkylation sites (tertiary alicyclic amines) is 1. The fourth-order valence-electron chi connectivity index (χ4n) is 3.12. The third-order valence-corrected chi connectivity index (χ3v) is 4.59. The molecule has 138 valence electrons. The quantitative estimate of drug-likeness (QED) is 0.866. The van der Waals surface area contributed by atoms with Crippen LogP contribution in [0.3, 0.4) is 0 Å². The molecule has 0 bridgehead atoms. The zero-order valence-electron chi connectivity index (χ0n) is 15.0. The Morgan fingerprint density at radius 1 is 1.35 bits per heavy atom. The molecule has 1 aliphatic rings. The molecule has 0 atom stereocenters. The fourth-order valence-corrected chi connectivity index (χ4v) is 3.12. The average molecular weight is 357 g/mol. The molecule has 8 heteroatoms. The van der Waals surface area contributed by atoms with Gasteiger partial charge >= 0.3 is 0 Å². The topological polar surface area (TPSA) is 89.4 Å². The van der Waals surface area contributed by atoms with Crippen molar-refractivity contribution in [2.24, 2.45) is 13.0 Å². The standard InChI is InChI=1S/C18H23N5O3/c1-22-12-15(17(21-22)26-2)16(24)20-10-13-5-8-23(9-6-13)18(25)14-4-3-7-19-11-14/h3-4,7,11-13H,5-6,8-10H2,1-2H3,(H,20,24). The Balaban J connectivity index is 1.48. The second kappa shape index (κ2) is 7.99. The average Bonchev–Trinajstić information content (AvgIpc) is 3.07. The number of carbonyl (C=O) groups excluding carboxylic acids is 2. The van der Waals surface area contributed by atoms with Gasteiger partial charge in [0, 0.05) is 45.3 Å². The van der Waals surface area contributed by atoms with Crippen LogP contribution >= 0.6 is 0 Å². The molecular formula is C18H23N5O3. The molecule has 3 heterocycles. The highest BCUT2D eigenvalue weighted by Gasteiger charge is 2.25. The smallest absolute Gasteiger partial charge is 0.258 e. The Morgan fingerprint density at radius 2 is 2.12 bits per heavy atom. The number of pyridine rings is 1. The zero-order valence-corrected chi connectivity index (χ0v) is 15.0. The maximum Gasteiger partial charge on any atom is 0.258 e. The Bertz CT molecular complexity index is 766. The van der Waals surface area contributed by atoms with E-state index in [4.69, 9.17) is 4.74 Å². The molecule has 2 aromatic heterocycles. The van der Waals surface area contributed by atoms with Gasteiger partial charge in [-0.05, 0) is 30.9 Å². The minimum absolute atomic E-state index is 0.0145. The molecule has 1 saturated heterocycles. The first-order valence-electron chi connectivity index (χ1n) is 8.63. The van der Waals surface area contributed by atoms with Gasteiger partial charge in [0.2, 0.25) is 5.88 Å². The summed E-state index contributed by atoms with van der Waals surface area (Å²) < 4.78 is 6.67. The largest absolute Gasteiger partial charge is 0.479 e. The lowest BCUT2D eigenvalue weighted by Crippen LogP contribution is -2.41. The van der Waals surface area contributed by atoms with Crippen molar-refractivity contribution in [3.05, 3.63) is 41.9 Å². The molecule has 0 saturated carbocycles. The molecule has 1 N–H and O–H groups in total. The number of aromatic nitrogens is 3. The number of aryl methyl sites for hydroxylation is 1. The van der Waals surface area contributed by atoms with Gasteiger partial charge in [0.1, 0.15) is 5.56 Å². The highest BCUT2D eigenvalue weighted by atomic mass is 16.5. The zero-order chi connectivity index (χ0) is 18.5. The van der Waals surface area contributed by atoms with Gasteiger partial charge in [-0.1, -0.05) is 0 Å². The van der Waals surface area contributed by atoms with Crippen molar-refractivity contribution < 1.29 is 14.3 Å². The SMILES string of the molecule is COc1nn(C)cc1C(=O)NCC1CCN(C(=O)c2cccnc2)CC1. The molecule has 1 aliphatic heterocycles. The summed E-state index contributed by atoms with van der Waals surface area (Å²) in [7, 11) is 3.24. The predicted octanol–water partition coefficient (Wildman–Crippen LogP) is 1.11. The van der Waals surface area contributed by atoms with Crippen LogP contribution in [0.1, 0.15) is 33.6 Å². The Labute approximate surface area is 152 Å². The highest BCUT2D eigenvalue weighted by Crippen LogP contribution is 2.19. The van der Waals surface area contributed by atoms with Gasteiger partial charge in [-0.15, -0.1) is 5.10 Å². The number of piperidine rings is 1. The summed E-state index contributed by atoms with van der Waals surface area (Å²) in [6.07, 6.45) is 6.61. The monoisotopic (exact) mass is 357 g/mol. The molecule has 0 unspecified atom stereocenters. The lowest BCUT2D eigenvalue weighted by atomic mass is 9.96. The number of hydrogen-bond acceptors (Lipinski definition) is 5. The van der Waals surface area contributed by atoms with Crippen molar-refractivity contribution in [2.45, 2.75) is 12.8 Å². The van der Waals surface area contributed by atoms with E-state index in [1.165, 1.54) is 7.11 Å². The number of hydrogen-bond donors (Lipinski definition) is 1. The molecule has 0 radical (unpaired) electrons. The van der Waals surface area contributed by atoms with Crippen LogP contribution in [0, 0.1) is 5.92 Å². The third kappa shape index (κ3) is 4.01. The molecule has 2 amide bonds. The Morgan fingerprint density at radius 3 is 2.77 bits per heavy atom. The first-order valence-corrected chi connectivity index (χ1v) is 8.63. The number of nitrogens with one attached hydrogen (secondary N) is 1. The van der Waals surface area contributed by atoms with Crippen LogP contribution in [0.2, 0.25) is 0 Å². The normalized spacial score (nSPS) is 14.9. The lowest BCUT2D eigenvalue weighted by Gasteiger charge is -2.32. The van der Waals surface area contributed by atoms with Gasteiger partial charge in [-0.25, -0.2) is 0 Å². The predicted molar refractivity (Wildman–Crippen MR) is 95.0 cm³/mol. The number of amides is 2. The van der Waals surface area contributed by atoms with E-state index in [0.29, 0.717) is 42.6 Å². The second-order valence-electron chi connectivity index (χ2n) is 6.41. The van der Waals surface area contributed by atoms with Crippen LogP contribution in [0.4, 0.5) is 0 Å². The minimum atomic E-state index is -0.191. The van der Waals surface area contributed by atoms with Gasteiger partial charge in [-0.2, -0.15) is 0 Å². The van der Waals surface area contributed by atoms with E-state index in [9.17, 15) is 9.59 Å². The van der Waals surface area contributed by atoms with E-state index in [2.05, 4.69) is 15.4 Å². The number of nitrogens with zero attached hydrogens (tertiary/aromatic N) is 4. The molecule has 0 aliphatic carbocycles. The fraction of sp³-hybridized carbons (Fsp3) is 0.444. The van der Waals surface area contributed by atoms with Gasteiger partial charge in [0.25, 0.3) is 11.8 Å². The number of carbonyl (C=O) groups is 2. The van der Waals surface area contributed by atoms with Crippen LogP contribution in [0.5, 0.6) is 5.88 Å². The Kier molecular flexibility index (Phi) is 5.50. The second-order valence-corrected chi connectivity index (χ2v) is 6.41. The molecular weight excluding hydrogens is 334 g/mol. The number of rotatable bonds is 5. The molecule has 8 nitrogen and oxygen atoms in total. The summed E-state index contributed by atoms with van der Waals surface area (Å²) in [6.45, 7) is 1.95. The minimum Gasteiger partial charge on any atom is -0.479 e. The van der Waals surface area contributed by atoms with Crippen LogP contribution in [-0.2, 0) is 7.05 Å². The molecule has 2 aromatic rings. The number of methoxy groups -OCH3 is 1. The van der Waals surface area contributed by atoms with Crippen LogP contribution < -0.4 is 10.1 Å². The molecule has 0 aromatic carbocycles. The molecule has 26 heavy (non-hydrogen) atoms. The van der Waals surface area contributed by atoms with Crippen LogP contribution in [-0.4, -0.2) is 58.2 Å². The van der Waals surface area contributed by atoms with Gasteiger partial charge in [0.05, 0.1) is 12.7 Å². The maximum atomic E-state index is 12.4. The van der Waals surface area contributed by atoms with Gasteiger partial charge in [-0.3, -0.25) is 19.3 Å². The Hall–Kier alpha value is -2.90. The van der Waals surface area contributed by atoms with E-state index < -0.39 is 0 Å². The highest BCUT2D eigenvalue weighted by molar-refractivity contribution is 5.96. The summed E-state index contributed by atoms with van der Waals surface area (Å²) in [6, 6.07) is 3.55. The first kappa shape index (κ1) is 17.9. The summed E-state index contributed by atoms with van der Waals surface area (Å²) in [5, 5.41) is 7.03. The van der Waals surface area contributed by atoms with Crippen molar-refractivity contribution in [1.29, 1.82) is 0 Å². The van der Waals surface area contributed by atoms with Crippen molar-refractivity contribution in [1.82, 2.24) is 25.0 Å². The van der Waals surface area contributed by atoms with Crippen molar-refractivity contribution in [2.75, 3.05) is 26.7 Å². The van der Waals surface area contributed by atoms with E-state index in [0.717, 1.165) is 12.8 Å². The van der Waals surface area contributed by atoms with Crippen LogP contribution in [0.25, 0.3) is 0 Å². The summed E-state index contributed by atoms with van der Waals surface area (Å²) in [4.78, 5) is 30.6. The van der Waals surface area contributed by atoms with E-state index in [-0.39, 0.29) is 11.8 Å². The number of ether oxygens (including phenoxy) is 1. The summed E-state index contributed by atoms with van der Waals surface area (Å²) >= 11 is 0. The van der Waals surface area contributed by atoms with Crippen molar-refractivity contribution in [3.63, 3.8) is 0 Å². The molecule has 3 rings (SSSR count). The lowest BCUT2D eigenvalue weighted by molar-refractivity contribution is 0.0683. The van der Waals surface area contributed by atoms with E-state index >= 15 is 0 Å². The van der Waals surface area contributed by atoms with E-state index in [1.54, 1.807) is 42.5 Å². The van der Waals surface area contributed by atoms with Crippen molar-refractivity contribution >= 4 is 11.8 Å². The third-order valence-electron chi connectivity index (χ3n) is 4.59.